The number of aryl methyl sites for hydroxylation is 1. The summed E-state index contributed by atoms with van der Waals surface area (Å²) in [6, 6.07) is 11.9. The Kier molecular flexibility index (Phi) is 4.76. The Morgan fingerprint density at radius 2 is 1.92 bits per heavy atom. The van der Waals surface area contributed by atoms with Gasteiger partial charge < -0.3 is 15.5 Å². The van der Waals surface area contributed by atoms with Crippen molar-refractivity contribution in [3.63, 3.8) is 0 Å². The van der Waals surface area contributed by atoms with Gasteiger partial charge in [0.25, 0.3) is 5.91 Å². The van der Waals surface area contributed by atoms with Gasteiger partial charge in [-0.3, -0.25) is 4.79 Å². The SMILES string of the molecule is Cc1ccc(Nc2cccc(C(=O)N3CC(C)NC(C)C3)c2)nn1. The van der Waals surface area contributed by atoms with Gasteiger partial charge in [0.2, 0.25) is 0 Å². The lowest BCUT2D eigenvalue weighted by Crippen LogP contribution is -2.55. The van der Waals surface area contributed by atoms with Crippen LogP contribution in [0.15, 0.2) is 36.4 Å². The summed E-state index contributed by atoms with van der Waals surface area (Å²) in [6.45, 7) is 7.55. The molecular weight excluding hydrogens is 302 g/mol. The molecule has 1 aromatic carbocycles. The number of benzene rings is 1. The highest BCUT2D eigenvalue weighted by atomic mass is 16.2. The summed E-state index contributed by atoms with van der Waals surface area (Å²) in [5.41, 5.74) is 2.38. The average molecular weight is 325 g/mol. The highest BCUT2D eigenvalue weighted by Crippen LogP contribution is 2.18. The van der Waals surface area contributed by atoms with Crippen LogP contribution in [0.4, 0.5) is 11.5 Å². The van der Waals surface area contributed by atoms with E-state index in [1.807, 2.05) is 48.2 Å². The monoisotopic (exact) mass is 325 g/mol. The molecule has 2 unspecified atom stereocenters. The van der Waals surface area contributed by atoms with Crippen LogP contribution < -0.4 is 10.6 Å². The van der Waals surface area contributed by atoms with E-state index in [0.717, 1.165) is 24.5 Å². The van der Waals surface area contributed by atoms with Crippen LogP contribution in [-0.2, 0) is 0 Å². The van der Waals surface area contributed by atoms with E-state index < -0.39 is 0 Å². The third kappa shape index (κ3) is 3.89. The lowest BCUT2D eigenvalue weighted by atomic mass is 10.1. The van der Waals surface area contributed by atoms with E-state index in [-0.39, 0.29) is 5.91 Å². The Bertz CT molecular complexity index is 706. The molecule has 0 bridgehead atoms. The summed E-state index contributed by atoms with van der Waals surface area (Å²) in [6.07, 6.45) is 0. The molecule has 0 saturated carbocycles. The number of hydrogen-bond donors (Lipinski definition) is 2. The fraction of sp³-hybridized carbons (Fsp3) is 0.389. The Balaban J connectivity index is 1.74. The molecule has 1 amide bonds. The second kappa shape index (κ2) is 6.97. The van der Waals surface area contributed by atoms with Gasteiger partial charge in [0.05, 0.1) is 5.69 Å². The van der Waals surface area contributed by atoms with E-state index >= 15 is 0 Å². The molecule has 1 fully saturated rings. The topological polar surface area (TPSA) is 70.2 Å². The van der Waals surface area contributed by atoms with Crippen LogP contribution in [0.5, 0.6) is 0 Å². The van der Waals surface area contributed by atoms with Gasteiger partial charge in [-0.1, -0.05) is 6.07 Å². The maximum absolute atomic E-state index is 12.8. The standard InChI is InChI=1S/C18H23N5O/c1-12-7-8-17(22-21-12)20-16-6-4-5-15(9-16)18(24)23-10-13(2)19-14(3)11-23/h4-9,13-14,19H,10-11H2,1-3H3,(H,20,22). The van der Waals surface area contributed by atoms with Gasteiger partial charge in [0.15, 0.2) is 5.82 Å². The molecule has 1 saturated heterocycles. The van der Waals surface area contributed by atoms with Gasteiger partial charge >= 0.3 is 0 Å². The lowest BCUT2D eigenvalue weighted by Gasteiger charge is -2.36. The molecule has 2 aromatic rings. The van der Waals surface area contributed by atoms with Crippen molar-refractivity contribution in [1.29, 1.82) is 0 Å². The highest BCUT2D eigenvalue weighted by molar-refractivity contribution is 5.95. The molecular formula is C18H23N5O. The molecule has 1 aliphatic heterocycles. The first-order valence-electron chi connectivity index (χ1n) is 8.24. The largest absolute Gasteiger partial charge is 0.339 e. The van der Waals surface area contributed by atoms with Crippen molar-refractivity contribution in [2.75, 3.05) is 18.4 Å². The van der Waals surface area contributed by atoms with Gasteiger partial charge in [-0.15, -0.1) is 5.10 Å². The quantitative estimate of drug-likeness (QED) is 0.906. The Morgan fingerprint density at radius 3 is 2.58 bits per heavy atom. The van der Waals surface area contributed by atoms with E-state index in [0.29, 0.717) is 23.5 Å². The Hall–Kier alpha value is -2.47. The van der Waals surface area contributed by atoms with Crippen molar-refractivity contribution in [2.45, 2.75) is 32.9 Å². The lowest BCUT2D eigenvalue weighted by molar-refractivity contribution is 0.0674. The third-order valence-electron chi connectivity index (χ3n) is 4.02. The number of rotatable bonds is 3. The summed E-state index contributed by atoms with van der Waals surface area (Å²) < 4.78 is 0. The fourth-order valence-corrected chi connectivity index (χ4v) is 3.02. The molecule has 1 aliphatic rings. The number of hydrogen-bond acceptors (Lipinski definition) is 5. The van der Waals surface area contributed by atoms with Crippen molar-refractivity contribution < 1.29 is 4.79 Å². The summed E-state index contributed by atoms with van der Waals surface area (Å²) in [5, 5.41) is 14.8. The smallest absolute Gasteiger partial charge is 0.254 e. The fourth-order valence-electron chi connectivity index (χ4n) is 3.02. The zero-order valence-electron chi connectivity index (χ0n) is 14.3. The zero-order valence-corrected chi connectivity index (χ0v) is 14.3. The van der Waals surface area contributed by atoms with E-state index in [1.54, 1.807) is 0 Å². The van der Waals surface area contributed by atoms with Crippen molar-refractivity contribution in [3.8, 4) is 0 Å². The van der Waals surface area contributed by atoms with Crippen LogP contribution in [0.1, 0.15) is 29.9 Å². The van der Waals surface area contributed by atoms with E-state index in [9.17, 15) is 4.79 Å². The first kappa shape index (κ1) is 16.4. The van der Waals surface area contributed by atoms with Gasteiger partial charge in [0, 0.05) is 36.4 Å². The summed E-state index contributed by atoms with van der Waals surface area (Å²) in [5.74, 6) is 0.725. The summed E-state index contributed by atoms with van der Waals surface area (Å²) >= 11 is 0. The minimum atomic E-state index is 0.0637. The van der Waals surface area contributed by atoms with Crippen LogP contribution in [-0.4, -0.2) is 46.2 Å². The number of aromatic nitrogens is 2. The number of piperazine rings is 1. The second-order valence-corrected chi connectivity index (χ2v) is 6.44. The Morgan fingerprint density at radius 1 is 1.17 bits per heavy atom. The number of nitrogens with zero attached hydrogens (tertiary/aromatic N) is 3. The van der Waals surface area contributed by atoms with Crippen molar-refractivity contribution in [3.05, 3.63) is 47.7 Å². The molecule has 126 valence electrons. The van der Waals surface area contributed by atoms with E-state index in [4.69, 9.17) is 0 Å². The van der Waals surface area contributed by atoms with Gasteiger partial charge in [-0.05, 0) is 51.1 Å². The molecule has 0 radical (unpaired) electrons. The van der Waals surface area contributed by atoms with Crippen LogP contribution in [0.25, 0.3) is 0 Å². The van der Waals surface area contributed by atoms with Crippen molar-refractivity contribution in [2.24, 2.45) is 0 Å². The van der Waals surface area contributed by atoms with Crippen LogP contribution in [0.3, 0.4) is 0 Å². The molecule has 2 heterocycles. The third-order valence-corrected chi connectivity index (χ3v) is 4.02. The number of carbonyl (C=O) groups excluding carboxylic acids is 1. The molecule has 3 rings (SSSR count). The normalized spacial score (nSPS) is 20.7. The minimum Gasteiger partial charge on any atom is -0.339 e. The predicted molar refractivity (Wildman–Crippen MR) is 94.5 cm³/mol. The van der Waals surface area contributed by atoms with Gasteiger partial charge in [0.1, 0.15) is 0 Å². The van der Waals surface area contributed by atoms with Crippen molar-refractivity contribution >= 4 is 17.4 Å². The predicted octanol–water partition coefficient (Wildman–Crippen LogP) is 2.35. The molecule has 2 N–H and O–H groups in total. The van der Waals surface area contributed by atoms with Gasteiger partial charge in [-0.2, -0.15) is 5.10 Å². The molecule has 0 aliphatic carbocycles. The average Bonchev–Trinajstić information content (AvgIpc) is 2.56. The number of nitrogens with one attached hydrogen (secondary N) is 2. The maximum Gasteiger partial charge on any atom is 0.254 e. The zero-order chi connectivity index (χ0) is 17.1. The molecule has 0 spiro atoms. The number of carbonyl (C=O) groups is 1. The second-order valence-electron chi connectivity index (χ2n) is 6.44. The van der Waals surface area contributed by atoms with Crippen LogP contribution >= 0.6 is 0 Å². The maximum atomic E-state index is 12.8. The van der Waals surface area contributed by atoms with Crippen LogP contribution in [0, 0.1) is 6.92 Å². The first-order chi connectivity index (χ1) is 11.5. The summed E-state index contributed by atoms with van der Waals surface area (Å²) in [7, 11) is 0. The number of amides is 1. The van der Waals surface area contributed by atoms with E-state index in [2.05, 4.69) is 34.7 Å². The van der Waals surface area contributed by atoms with Crippen molar-refractivity contribution in [1.82, 2.24) is 20.4 Å². The molecule has 2 atom stereocenters. The first-order valence-corrected chi connectivity index (χ1v) is 8.24. The molecule has 6 nitrogen and oxygen atoms in total. The highest BCUT2D eigenvalue weighted by Gasteiger charge is 2.25. The minimum absolute atomic E-state index is 0.0637. The number of anilines is 2. The van der Waals surface area contributed by atoms with Gasteiger partial charge in [-0.25, -0.2) is 0 Å². The molecule has 1 aromatic heterocycles. The van der Waals surface area contributed by atoms with E-state index in [1.165, 1.54) is 0 Å². The molecule has 24 heavy (non-hydrogen) atoms. The van der Waals surface area contributed by atoms with Crippen LogP contribution in [0.2, 0.25) is 0 Å². The summed E-state index contributed by atoms with van der Waals surface area (Å²) in [4.78, 5) is 14.7. The molecule has 6 heteroatoms. The Labute approximate surface area is 142 Å².